The molecule has 2 saturated carbocycles. The van der Waals surface area contributed by atoms with Gasteiger partial charge < -0.3 is 9.47 Å². The van der Waals surface area contributed by atoms with Crippen LogP contribution in [0, 0.1) is 22.7 Å². The lowest BCUT2D eigenvalue weighted by Gasteiger charge is -2.65. The van der Waals surface area contributed by atoms with Gasteiger partial charge in [-0.3, -0.25) is 4.79 Å². The van der Waals surface area contributed by atoms with Crippen LogP contribution in [-0.2, 0) is 14.3 Å². The zero-order chi connectivity index (χ0) is 14.7. The third kappa shape index (κ3) is 1.77. The summed E-state index contributed by atoms with van der Waals surface area (Å²) in [5.41, 5.74) is 1.81. The van der Waals surface area contributed by atoms with Gasteiger partial charge in [-0.2, -0.15) is 0 Å². The summed E-state index contributed by atoms with van der Waals surface area (Å²) in [6.07, 6.45) is 9.63. The molecule has 4 rings (SSSR count). The maximum Gasteiger partial charge on any atom is 0.163 e. The standard InChI is InChI=1S/C18H26O3/c1-17-8-3-9-18(16(20-2)21-11-17)14-6-5-13(19)10-12(14)4-7-15(17)18/h10,14-16H,3-9,11H2,1-2H3/t14-,15-,16+,17-,18-/m1/s1. The van der Waals surface area contributed by atoms with Gasteiger partial charge in [0.05, 0.1) is 6.61 Å². The van der Waals surface area contributed by atoms with E-state index in [0.29, 0.717) is 29.5 Å². The molecule has 1 saturated heterocycles. The molecule has 21 heavy (non-hydrogen) atoms. The summed E-state index contributed by atoms with van der Waals surface area (Å²) in [5, 5.41) is 0. The second-order valence-electron chi connectivity index (χ2n) is 7.87. The third-order valence-electron chi connectivity index (χ3n) is 6.91. The number of rotatable bonds is 1. The van der Waals surface area contributed by atoms with Crippen molar-refractivity contribution in [3.63, 3.8) is 0 Å². The van der Waals surface area contributed by atoms with Crippen LogP contribution in [0.2, 0.25) is 0 Å². The van der Waals surface area contributed by atoms with Crippen LogP contribution >= 0.6 is 0 Å². The summed E-state index contributed by atoms with van der Waals surface area (Å²) in [4.78, 5) is 11.8. The van der Waals surface area contributed by atoms with Gasteiger partial charge in [-0.05, 0) is 55.4 Å². The highest BCUT2D eigenvalue weighted by molar-refractivity contribution is 5.91. The molecule has 0 unspecified atom stereocenters. The molecule has 3 aliphatic carbocycles. The second-order valence-corrected chi connectivity index (χ2v) is 7.87. The Morgan fingerprint density at radius 1 is 1.29 bits per heavy atom. The molecule has 0 amide bonds. The minimum absolute atomic E-state index is 0.0854. The summed E-state index contributed by atoms with van der Waals surface area (Å²) in [6.45, 7) is 3.25. The molecule has 2 bridgehead atoms. The molecule has 0 aromatic carbocycles. The smallest absolute Gasteiger partial charge is 0.163 e. The summed E-state index contributed by atoms with van der Waals surface area (Å²) in [7, 11) is 1.79. The first-order chi connectivity index (χ1) is 10.1. The second kappa shape index (κ2) is 4.66. The Labute approximate surface area is 127 Å². The number of ketones is 1. The number of hydrogen-bond donors (Lipinski definition) is 0. The zero-order valence-electron chi connectivity index (χ0n) is 13.2. The van der Waals surface area contributed by atoms with Gasteiger partial charge in [0.15, 0.2) is 12.1 Å². The van der Waals surface area contributed by atoms with Crippen molar-refractivity contribution in [3.05, 3.63) is 11.6 Å². The molecular formula is C18H26O3. The van der Waals surface area contributed by atoms with Gasteiger partial charge in [-0.15, -0.1) is 0 Å². The Morgan fingerprint density at radius 2 is 2.14 bits per heavy atom. The molecule has 3 nitrogen and oxygen atoms in total. The van der Waals surface area contributed by atoms with E-state index >= 15 is 0 Å². The van der Waals surface area contributed by atoms with Crippen LogP contribution in [0.1, 0.15) is 51.9 Å². The predicted octanol–water partition coefficient (Wildman–Crippen LogP) is 3.48. The first-order valence-electron chi connectivity index (χ1n) is 8.48. The summed E-state index contributed by atoms with van der Waals surface area (Å²) >= 11 is 0. The van der Waals surface area contributed by atoms with E-state index in [0.717, 1.165) is 19.4 Å². The third-order valence-corrected chi connectivity index (χ3v) is 6.91. The Balaban J connectivity index is 1.82. The summed E-state index contributed by atoms with van der Waals surface area (Å²) in [6, 6.07) is 0. The fraction of sp³-hybridized carbons (Fsp3) is 0.833. The highest BCUT2D eigenvalue weighted by Gasteiger charge is 2.64. The van der Waals surface area contributed by atoms with Crippen molar-refractivity contribution in [1.82, 2.24) is 0 Å². The molecule has 0 aromatic rings. The number of allylic oxidation sites excluding steroid dienone is 2. The molecule has 0 N–H and O–H groups in total. The van der Waals surface area contributed by atoms with Gasteiger partial charge in [-0.25, -0.2) is 0 Å². The van der Waals surface area contributed by atoms with Crippen molar-refractivity contribution >= 4 is 5.78 Å². The number of ether oxygens (including phenoxy) is 2. The maximum atomic E-state index is 11.8. The largest absolute Gasteiger partial charge is 0.355 e. The average molecular weight is 290 g/mol. The van der Waals surface area contributed by atoms with E-state index in [4.69, 9.17) is 9.47 Å². The van der Waals surface area contributed by atoms with E-state index in [-0.39, 0.29) is 11.7 Å². The van der Waals surface area contributed by atoms with Gasteiger partial charge in [-0.1, -0.05) is 18.9 Å². The zero-order valence-corrected chi connectivity index (χ0v) is 13.2. The van der Waals surface area contributed by atoms with Crippen molar-refractivity contribution < 1.29 is 14.3 Å². The molecule has 0 spiro atoms. The normalized spacial score (nSPS) is 49.1. The molecular weight excluding hydrogens is 264 g/mol. The molecule has 0 aromatic heterocycles. The number of carbonyl (C=O) groups excluding carboxylic acids is 1. The number of carbonyl (C=O) groups is 1. The van der Waals surface area contributed by atoms with Gasteiger partial charge >= 0.3 is 0 Å². The van der Waals surface area contributed by atoms with Gasteiger partial charge in [0.1, 0.15) is 0 Å². The lowest BCUT2D eigenvalue weighted by atomic mass is 9.44. The van der Waals surface area contributed by atoms with E-state index in [1.807, 2.05) is 6.08 Å². The summed E-state index contributed by atoms with van der Waals surface area (Å²) in [5.74, 6) is 1.51. The lowest BCUT2D eigenvalue weighted by molar-refractivity contribution is -0.313. The highest BCUT2D eigenvalue weighted by Crippen LogP contribution is 2.67. The van der Waals surface area contributed by atoms with E-state index < -0.39 is 0 Å². The van der Waals surface area contributed by atoms with Crippen LogP contribution in [-0.4, -0.2) is 25.8 Å². The van der Waals surface area contributed by atoms with Crippen molar-refractivity contribution in [2.24, 2.45) is 22.7 Å². The number of hydrogen-bond acceptors (Lipinski definition) is 3. The Bertz CT molecular complexity index is 497. The molecule has 0 radical (unpaired) electrons. The Hall–Kier alpha value is -0.670. The van der Waals surface area contributed by atoms with Crippen LogP contribution < -0.4 is 0 Å². The van der Waals surface area contributed by atoms with Crippen molar-refractivity contribution in [2.75, 3.05) is 13.7 Å². The minimum Gasteiger partial charge on any atom is -0.355 e. The number of methoxy groups -OCH3 is 1. The first-order valence-corrected chi connectivity index (χ1v) is 8.48. The molecule has 4 aliphatic rings. The van der Waals surface area contributed by atoms with Crippen LogP contribution in [0.25, 0.3) is 0 Å². The first kappa shape index (κ1) is 14.0. The molecule has 1 aliphatic heterocycles. The van der Waals surface area contributed by atoms with E-state index in [1.54, 1.807) is 7.11 Å². The average Bonchev–Trinajstić information content (AvgIpc) is 2.46. The molecule has 3 heteroatoms. The molecule has 1 heterocycles. The molecule has 116 valence electrons. The van der Waals surface area contributed by atoms with Crippen LogP contribution in [0.5, 0.6) is 0 Å². The SMILES string of the molecule is CO[C@H]1OC[C@@]2(C)CCC[C@]13[C@@H]1CCC(=O)C=C1CC[C@H]23. The number of fused-ring (bicyclic) bond motifs is 1. The van der Waals surface area contributed by atoms with E-state index in [2.05, 4.69) is 6.92 Å². The Morgan fingerprint density at radius 3 is 2.95 bits per heavy atom. The Kier molecular flexibility index (Phi) is 3.10. The van der Waals surface area contributed by atoms with E-state index in [9.17, 15) is 4.79 Å². The van der Waals surface area contributed by atoms with Gasteiger partial charge in [0.2, 0.25) is 0 Å². The van der Waals surface area contributed by atoms with Crippen LogP contribution in [0.3, 0.4) is 0 Å². The van der Waals surface area contributed by atoms with Gasteiger partial charge in [0, 0.05) is 18.9 Å². The summed E-state index contributed by atoms with van der Waals surface area (Å²) < 4.78 is 12.0. The van der Waals surface area contributed by atoms with Crippen molar-refractivity contribution in [3.8, 4) is 0 Å². The van der Waals surface area contributed by atoms with Gasteiger partial charge in [0.25, 0.3) is 0 Å². The quantitative estimate of drug-likeness (QED) is 0.741. The topological polar surface area (TPSA) is 35.5 Å². The van der Waals surface area contributed by atoms with Crippen LogP contribution in [0.4, 0.5) is 0 Å². The molecule has 5 atom stereocenters. The minimum atomic E-state index is -0.0854. The monoisotopic (exact) mass is 290 g/mol. The molecule has 3 fully saturated rings. The fourth-order valence-corrected chi connectivity index (χ4v) is 6.18. The van der Waals surface area contributed by atoms with E-state index in [1.165, 1.54) is 31.3 Å². The van der Waals surface area contributed by atoms with Crippen LogP contribution in [0.15, 0.2) is 11.6 Å². The van der Waals surface area contributed by atoms with Crippen molar-refractivity contribution in [2.45, 2.75) is 58.2 Å². The maximum absolute atomic E-state index is 11.8. The van der Waals surface area contributed by atoms with Crippen molar-refractivity contribution in [1.29, 1.82) is 0 Å². The predicted molar refractivity (Wildman–Crippen MR) is 79.7 cm³/mol. The fourth-order valence-electron chi connectivity index (χ4n) is 6.18. The highest BCUT2D eigenvalue weighted by atomic mass is 16.7. The lowest BCUT2D eigenvalue weighted by Crippen LogP contribution is -2.64.